The number of fused-ring (bicyclic) bond motifs is 1. The Kier molecular flexibility index (Phi) is 8.29. The van der Waals surface area contributed by atoms with Gasteiger partial charge in [0.2, 0.25) is 10.0 Å². The third-order valence-corrected chi connectivity index (χ3v) is 11.0. The first-order valence-corrected chi connectivity index (χ1v) is 17.6. The Hall–Kier alpha value is -2.60. The lowest BCUT2D eigenvalue weighted by atomic mass is 9.87. The number of aliphatic carboxylic acids is 1. The van der Waals surface area contributed by atoms with E-state index in [0.29, 0.717) is 18.4 Å². The maximum absolute atomic E-state index is 13.6. The van der Waals surface area contributed by atoms with E-state index in [4.69, 9.17) is 4.74 Å². The van der Waals surface area contributed by atoms with Gasteiger partial charge in [-0.25, -0.2) is 13.2 Å². The van der Waals surface area contributed by atoms with Gasteiger partial charge in [-0.1, -0.05) is 37.0 Å². The number of carboxylic acid groups (broad SMARTS) is 1. The minimum atomic E-state index is -4.13. The summed E-state index contributed by atoms with van der Waals surface area (Å²) in [7, 11) is -6.22. The molecule has 1 N–H and O–H groups in total. The molecular weight excluding hydrogens is 524 g/mol. The van der Waals surface area contributed by atoms with Crippen LogP contribution in [-0.4, -0.2) is 55.5 Å². The Morgan fingerprint density at radius 3 is 2.08 bits per heavy atom. The van der Waals surface area contributed by atoms with Gasteiger partial charge in [0.15, 0.2) is 11.0 Å². The largest absolute Gasteiger partial charge is 0.479 e. The van der Waals surface area contributed by atoms with Crippen molar-refractivity contribution >= 4 is 34.9 Å². The van der Waals surface area contributed by atoms with Crippen LogP contribution in [0.4, 0.5) is 5.69 Å². The Labute approximate surface area is 226 Å². The SMILES string of the molecule is Cc1c2c(c(C)c([Si](C)(C)C)c1C(OC(C)(C)C)C(=O)O)CCN(S(=O)(=O)c1ccccc1[N+](=O)[O-])CC2. The molecule has 0 saturated heterocycles. The normalized spacial score (nSPS) is 16.0. The molecule has 0 radical (unpaired) electrons. The molecule has 0 saturated carbocycles. The monoisotopic (exact) mass is 562 g/mol. The van der Waals surface area contributed by atoms with Crippen molar-refractivity contribution in [1.82, 2.24) is 4.31 Å². The average Bonchev–Trinajstić information content (AvgIpc) is 3.02. The summed E-state index contributed by atoms with van der Waals surface area (Å²) in [5, 5.41) is 22.8. The molecule has 2 aromatic rings. The molecule has 1 unspecified atom stereocenters. The van der Waals surface area contributed by atoms with Crippen molar-refractivity contribution in [1.29, 1.82) is 0 Å². The smallest absolute Gasteiger partial charge is 0.337 e. The van der Waals surface area contributed by atoms with Crippen LogP contribution < -0.4 is 5.19 Å². The van der Waals surface area contributed by atoms with Crippen molar-refractivity contribution in [2.45, 2.75) is 83.7 Å². The molecule has 208 valence electrons. The zero-order chi connectivity index (χ0) is 28.8. The lowest BCUT2D eigenvalue weighted by Crippen LogP contribution is -2.46. The average molecular weight is 563 g/mol. The number of para-hydroxylation sites is 1. The first-order chi connectivity index (χ1) is 17.4. The molecule has 11 heteroatoms. The minimum Gasteiger partial charge on any atom is -0.479 e. The van der Waals surface area contributed by atoms with Gasteiger partial charge in [-0.05, 0) is 81.3 Å². The summed E-state index contributed by atoms with van der Waals surface area (Å²) < 4.78 is 34.5. The molecule has 0 aromatic heterocycles. The number of sulfonamides is 1. The predicted molar refractivity (Wildman–Crippen MR) is 149 cm³/mol. The van der Waals surface area contributed by atoms with Gasteiger partial charge >= 0.3 is 5.97 Å². The summed E-state index contributed by atoms with van der Waals surface area (Å²) in [6, 6.07) is 5.39. The molecule has 0 amide bonds. The van der Waals surface area contributed by atoms with Crippen molar-refractivity contribution in [2.24, 2.45) is 0 Å². The second-order valence-corrected chi connectivity index (χ2v) is 18.7. The first kappa shape index (κ1) is 29.9. The van der Waals surface area contributed by atoms with Gasteiger partial charge in [0, 0.05) is 19.2 Å². The van der Waals surface area contributed by atoms with Crippen LogP contribution in [0.5, 0.6) is 0 Å². The Morgan fingerprint density at radius 1 is 1.08 bits per heavy atom. The van der Waals surface area contributed by atoms with Crippen molar-refractivity contribution in [3.8, 4) is 0 Å². The number of carboxylic acids is 1. The highest BCUT2D eigenvalue weighted by molar-refractivity contribution is 7.89. The summed E-state index contributed by atoms with van der Waals surface area (Å²) in [5.74, 6) is -1.06. The zero-order valence-corrected chi connectivity index (χ0v) is 25.2. The maximum Gasteiger partial charge on any atom is 0.337 e. The predicted octanol–water partition coefficient (Wildman–Crippen LogP) is 4.49. The molecule has 0 fully saturated rings. The third kappa shape index (κ3) is 5.85. The fourth-order valence-electron chi connectivity index (χ4n) is 5.50. The number of benzene rings is 2. The van der Waals surface area contributed by atoms with Crippen LogP contribution in [0.25, 0.3) is 0 Å². The summed E-state index contributed by atoms with van der Waals surface area (Å²) in [6.45, 7) is 16.2. The highest BCUT2D eigenvalue weighted by atomic mass is 32.2. The fourth-order valence-corrected chi connectivity index (χ4v) is 9.50. The van der Waals surface area contributed by atoms with Gasteiger partial charge in [0.1, 0.15) is 0 Å². The summed E-state index contributed by atoms with van der Waals surface area (Å²) >= 11 is 0. The van der Waals surface area contributed by atoms with E-state index in [-0.39, 0.29) is 18.0 Å². The van der Waals surface area contributed by atoms with Crippen molar-refractivity contribution in [2.75, 3.05) is 13.1 Å². The van der Waals surface area contributed by atoms with Crippen LogP contribution in [-0.2, 0) is 32.4 Å². The van der Waals surface area contributed by atoms with Crippen LogP contribution in [0.2, 0.25) is 19.6 Å². The topological polar surface area (TPSA) is 127 Å². The minimum absolute atomic E-state index is 0.130. The number of hydrogen-bond donors (Lipinski definition) is 1. The van der Waals surface area contributed by atoms with E-state index in [1.165, 1.54) is 28.6 Å². The van der Waals surface area contributed by atoms with Crippen LogP contribution in [0.15, 0.2) is 29.2 Å². The summed E-state index contributed by atoms with van der Waals surface area (Å²) in [4.78, 5) is 23.1. The second kappa shape index (κ2) is 10.5. The molecule has 38 heavy (non-hydrogen) atoms. The van der Waals surface area contributed by atoms with Crippen molar-refractivity contribution in [3.63, 3.8) is 0 Å². The molecule has 0 spiro atoms. The number of nitro groups is 1. The highest BCUT2D eigenvalue weighted by Gasteiger charge is 2.38. The number of carbonyl (C=O) groups is 1. The zero-order valence-electron chi connectivity index (χ0n) is 23.4. The van der Waals surface area contributed by atoms with Gasteiger partial charge < -0.3 is 9.84 Å². The molecule has 1 aliphatic heterocycles. The highest BCUT2D eigenvalue weighted by Crippen LogP contribution is 2.35. The third-order valence-electron chi connectivity index (χ3n) is 6.93. The van der Waals surface area contributed by atoms with Gasteiger partial charge in [-0.2, -0.15) is 4.31 Å². The van der Waals surface area contributed by atoms with E-state index in [2.05, 4.69) is 19.6 Å². The quantitative estimate of drug-likeness (QED) is 0.299. The van der Waals surface area contributed by atoms with E-state index in [1.807, 2.05) is 34.6 Å². The molecule has 3 rings (SSSR count). The number of nitrogens with zero attached hydrogens (tertiary/aromatic N) is 2. The molecule has 9 nitrogen and oxygen atoms in total. The molecule has 1 heterocycles. The van der Waals surface area contributed by atoms with E-state index < -0.39 is 46.4 Å². The van der Waals surface area contributed by atoms with E-state index >= 15 is 0 Å². The molecule has 1 atom stereocenters. The summed E-state index contributed by atoms with van der Waals surface area (Å²) in [5.41, 5.74) is 3.32. The van der Waals surface area contributed by atoms with Gasteiger partial charge in [0.05, 0.1) is 18.6 Å². The van der Waals surface area contributed by atoms with Crippen LogP contribution in [0.3, 0.4) is 0 Å². The van der Waals surface area contributed by atoms with Crippen LogP contribution in [0, 0.1) is 24.0 Å². The number of nitro benzene ring substituents is 1. The van der Waals surface area contributed by atoms with Gasteiger partial charge in [-0.15, -0.1) is 0 Å². The molecule has 0 aliphatic carbocycles. The number of ether oxygens (including phenoxy) is 1. The lowest BCUT2D eigenvalue weighted by molar-refractivity contribution is -0.387. The Morgan fingerprint density at radius 2 is 1.61 bits per heavy atom. The Balaban J connectivity index is 2.18. The first-order valence-electron chi connectivity index (χ1n) is 12.7. The molecule has 1 aliphatic rings. The van der Waals surface area contributed by atoms with Crippen LogP contribution in [0.1, 0.15) is 54.7 Å². The van der Waals surface area contributed by atoms with Crippen molar-refractivity contribution < 1.29 is 28.0 Å². The van der Waals surface area contributed by atoms with E-state index in [9.17, 15) is 28.4 Å². The number of hydrogen-bond acceptors (Lipinski definition) is 6. The second-order valence-electron chi connectivity index (χ2n) is 11.8. The lowest BCUT2D eigenvalue weighted by Gasteiger charge is -2.34. The standard InChI is InChI=1S/C27H38N2O7SSi/c1-17-19-13-15-28(37(34,35)22-12-10-9-11-21(22)29(32)33)16-14-20(19)18(2)25(38(6,7)8)23(17)24(26(30)31)36-27(3,4)5/h9-12,24H,13-16H2,1-8H3,(H,30,31). The fraction of sp³-hybridized carbons (Fsp3) is 0.519. The number of rotatable bonds is 7. The van der Waals surface area contributed by atoms with Crippen molar-refractivity contribution in [3.05, 3.63) is 62.2 Å². The molecule has 0 bridgehead atoms. The Bertz CT molecular complexity index is 1380. The van der Waals surface area contributed by atoms with Gasteiger partial charge in [0.25, 0.3) is 5.69 Å². The van der Waals surface area contributed by atoms with Crippen LogP contribution >= 0.6 is 0 Å². The molecule has 2 aromatic carbocycles. The van der Waals surface area contributed by atoms with E-state index in [1.54, 1.807) is 0 Å². The summed E-state index contributed by atoms with van der Waals surface area (Å²) in [6.07, 6.45) is -0.365. The molecular formula is C27H38N2O7SSi. The van der Waals surface area contributed by atoms with Gasteiger partial charge in [-0.3, -0.25) is 10.1 Å². The maximum atomic E-state index is 13.6. The van der Waals surface area contributed by atoms with E-state index in [0.717, 1.165) is 27.4 Å².